The molecule has 0 saturated carbocycles. The van der Waals surface area contributed by atoms with E-state index in [1.165, 1.54) is 0 Å². The summed E-state index contributed by atoms with van der Waals surface area (Å²) in [6.45, 7) is 4.02. The van der Waals surface area contributed by atoms with Crippen LogP contribution in [0.3, 0.4) is 0 Å². The Kier molecular flexibility index (Phi) is 5.84. The van der Waals surface area contributed by atoms with E-state index in [1.54, 1.807) is 24.5 Å². The fourth-order valence-electron chi connectivity index (χ4n) is 3.15. The number of hydrogen-bond acceptors (Lipinski definition) is 3. The van der Waals surface area contributed by atoms with Crippen LogP contribution < -0.4 is 10.6 Å². The highest BCUT2D eigenvalue weighted by Gasteiger charge is 2.23. The van der Waals surface area contributed by atoms with Crippen LogP contribution in [0, 0.1) is 12.8 Å². The Balaban J connectivity index is 1.41. The summed E-state index contributed by atoms with van der Waals surface area (Å²) < 4.78 is 0. The lowest BCUT2D eigenvalue weighted by Gasteiger charge is -2.32. The summed E-state index contributed by atoms with van der Waals surface area (Å²) in [7, 11) is 0. The van der Waals surface area contributed by atoms with Gasteiger partial charge in [-0.2, -0.15) is 0 Å². The molecule has 6 nitrogen and oxygen atoms in total. The average molecular weight is 352 g/mol. The first kappa shape index (κ1) is 17.9. The molecule has 0 aliphatic carbocycles. The lowest BCUT2D eigenvalue weighted by molar-refractivity contribution is 0.0690. The number of pyridine rings is 1. The lowest BCUT2D eigenvalue weighted by atomic mass is 9.96. The number of benzene rings is 1. The molecule has 3 rings (SSSR count). The standard InChI is InChI=1S/C20H24N4O2/c1-15-4-2-6-18(12-15)23-20(26)22-13-16-7-10-24(11-8-16)19(25)17-5-3-9-21-14-17/h2-6,9,12,14,16H,7-8,10-11,13H2,1H3,(H2,22,23,26). The Bertz CT molecular complexity index is 755. The molecule has 3 amide bonds. The topological polar surface area (TPSA) is 74.3 Å². The zero-order valence-electron chi connectivity index (χ0n) is 14.9. The molecule has 26 heavy (non-hydrogen) atoms. The van der Waals surface area contributed by atoms with Crippen molar-refractivity contribution in [3.63, 3.8) is 0 Å². The van der Waals surface area contributed by atoms with E-state index in [-0.39, 0.29) is 11.9 Å². The number of carbonyl (C=O) groups excluding carboxylic acids is 2. The number of aromatic nitrogens is 1. The van der Waals surface area contributed by atoms with Crippen molar-refractivity contribution in [1.29, 1.82) is 0 Å². The minimum Gasteiger partial charge on any atom is -0.339 e. The SMILES string of the molecule is Cc1cccc(NC(=O)NCC2CCN(C(=O)c3cccnc3)CC2)c1. The molecule has 0 spiro atoms. The molecule has 136 valence electrons. The highest BCUT2D eigenvalue weighted by atomic mass is 16.2. The van der Waals surface area contributed by atoms with E-state index in [9.17, 15) is 9.59 Å². The Labute approximate surface area is 153 Å². The van der Waals surface area contributed by atoms with Crippen LogP contribution in [0.25, 0.3) is 0 Å². The molecule has 2 aromatic rings. The first-order valence-electron chi connectivity index (χ1n) is 8.92. The molecule has 1 aromatic carbocycles. The first-order valence-corrected chi connectivity index (χ1v) is 8.92. The van der Waals surface area contributed by atoms with Crippen molar-refractivity contribution in [2.45, 2.75) is 19.8 Å². The normalized spacial score (nSPS) is 14.7. The molecule has 0 radical (unpaired) electrons. The summed E-state index contributed by atoms with van der Waals surface area (Å²) in [6.07, 6.45) is 5.04. The average Bonchev–Trinajstić information content (AvgIpc) is 2.67. The van der Waals surface area contributed by atoms with Crippen LogP contribution in [0.5, 0.6) is 0 Å². The number of anilines is 1. The summed E-state index contributed by atoms with van der Waals surface area (Å²) in [4.78, 5) is 30.3. The maximum atomic E-state index is 12.4. The van der Waals surface area contributed by atoms with Crippen molar-refractivity contribution < 1.29 is 9.59 Å². The van der Waals surface area contributed by atoms with Gasteiger partial charge in [0.15, 0.2) is 0 Å². The number of hydrogen-bond donors (Lipinski definition) is 2. The quantitative estimate of drug-likeness (QED) is 0.888. The Morgan fingerprint density at radius 1 is 1.19 bits per heavy atom. The Hall–Kier alpha value is -2.89. The van der Waals surface area contributed by atoms with Crippen LogP contribution in [0.2, 0.25) is 0 Å². The van der Waals surface area contributed by atoms with Gasteiger partial charge in [0, 0.05) is 37.7 Å². The van der Waals surface area contributed by atoms with Crippen molar-refractivity contribution >= 4 is 17.6 Å². The number of nitrogens with one attached hydrogen (secondary N) is 2. The lowest BCUT2D eigenvalue weighted by Crippen LogP contribution is -2.42. The van der Waals surface area contributed by atoms with Crippen LogP contribution in [0.1, 0.15) is 28.8 Å². The van der Waals surface area contributed by atoms with Gasteiger partial charge in [-0.1, -0.05) is 12.1 Å². The largest absolute Gasteiger partial charge is 0.339 e. The molecule has 1 aliphatic rings. The molecule has 1 aliphatic heterocycles. The maximum Gasteiger partial charge on any atom is 0.319 e. The van der Waals surface area contributed by atoms with Gasteiger partial charge in [0.1, 0.15) is 0 Å². The molecule has 2 heterocycles. The molecular weight excluding hydrogens is 328 g/mol. The van der Waals surface area contributed by atoms with E-state index >= 15 is 0 Å². The number of nitrogens with zero attached hydrogens (tertiary/aromatic N) is 2. The highest BCUT2D eigenvalue weighted by Crippen LogP contribution is 2.18. The van der Waals surface area contributed by atoms with E-state index in [0.717, 1.165) is 24.1 Å². The number of rotatable bonds is 4. The van der Waals surface area contributed by atoms with E-state index < -0.39 is 0 Å². The number of aryl methyl sites for hydroxylation is 1. The smallest absolute Gasteiger partial charge is 0.319 e. The molecule has 1 fully saturated rings. The number of piperidine rings is 1. The monoisotopic (exact) mass is 352 g/mol. The molecule has 6 heteroatoms. The second-order valence-corrected chi connectivity index (χ2v) is 6.68. The zero-order chi connectivity index (χ0) is 18.4. The van der Waals surface area contributed by atoms with Gasteiger partial charge < -0.3 is 15.5 Å². The van der Waals surface area contributed by atoms with Gasteiger partial charge in [-0.15, -0.1) is 0 Å². The fraction of sp³-hybridized carbons (Fsp3) is 0.350. The second kappa shape index (κ2) is 8.47. The van der Waals surface area contributed by atoms with Crippen LogP contribution in [0.4, 0.5) is 10.5 Å². The van der Waals surface area contributed by atoms with E-state index in [2.05, 4.69) is 15.6 Å². The van der Waals surface area contributed by atoms with Crippen LogP contribution in [-0.2, 0) is 0 Å². The van der Waals surface area contributed by atoms with Gasteiger partial charge in [0.05, 0.1) is 5.56 Å². The molecule has 1 aromatic heterocycles. The summed E-state index contributed by atoms with van der Waals surface area (Å²) in [5.74, 6) is 0.415. The summed E-state index contributed by atoms with van der Waals surface area (Å²) in [6, 6.07) is 11.1. The molecular formula is C20H24N4O2. The van der Waals surface area contributed by atoms with Crippen LogP contribution in [0.15, 0.2) is 48.8 Å². The minimum absolute atomic E-state index is 0.0294. The molecule has 0 atom stereocenters. The maximum absolute atomic E-state index is 12.4. The van der Waals surface area contributed by atoms with Crippen molar-refractivity contribution in [3.8, 4) is 0 Å². The predicted octanol–water partition coefficient (Wildman–Crippen LogP) is 3.06. The van der Waals surface area contributed by atoms with Gasteiger partial charge in [-0.05, 0) is 55.5 Å². The summed E-state index contributed by atoms with van der Waals surface area (Å²) in [5.41, 5.74) is 2.52. The highest BCUT2D eigenvalue weighted by molar-refractivity contribution is 5.94. The van der Waals surface area contributed by atoms with E-state index in [0.29, 0.717) is 31.1 Å². The Morgan fingerprint density at radius 3 is 2.69 bits per heavy atom. The van der Waals surface area contributed by atoms with E-state index in [1.807, 2.05) is 36.1 Å². The minimum atomic E-state index is -0.190. The second-order valence-electron chi connectivity index (χ2n) is 6.68. The van der Waals surface area contributed by atoms with Gasteiger partial charge in [-0.3, -0.25) is 9.78 Å². The van der Waals surface area contributed by atoms with Gasteiger partial charge >= 0.3 is 6.03 Å². The van der Waals surface area contributed by atoms with Crippen molar-refractivity contribution in [2.75, 3.05) is 25.0 Å². The third-order valence-electron chi connectivity index (χ3n) is 4.64. The molecule has 1 saturated heterocycles. The van der Waals surface area contributed by atoms with Gasteiger partial charge in [0.2, 0.25) is 0 Å². The first-order chi connectivity index (χ1) is 12.6. The number of amides is 3. The van der Waals surface area contributed by atoms with Crippen LogP contribution >= 0.6 is 0 Å². The fourth-order valence-corrected chi connectivity index (χ4v) is 3.15. The zero-order valence-corrected chi connectivity index (χ0v) is 14.9. The number of likely N-dealkylation sites (tertiary alicyclic amines) is 1. The predicted molar refractivity (Wildman–Crippen MR) is 101 cm³/mol. The Morgan fingerprint density at radius 2 is 2.00 bits per heavy atom. The number of carbonyl (C=O) groups is 2. The molecule has 0 unspecified atom stereocenters. The summed E-state index contributed by atoms with van der Waals surface area (Å²) in [5, 5.41) is 5.78. The van der Waals surface area contributed by atoms with Crippen molar-refractivity contribution in [2.24, 2.45) is 5.92 Å². The third-order valence-corrected chi connectivity index (χ3v) is 4.64. The van der Waals surface area contributed by atoms with Crippen molar-refractivity contribution in [3.05, 3.63) is 59.9 Å². The van der Waals surface area contributed by atoms with Gasteiger partial charge in [-0.25, -0.2) is 4.79 Å². The van der Waals surface area contributed by atoms with Crippen molar-refractivity contribution in [1.82, 2.24) is 15.2 Å². The molecule has 0 bridgehead atoms. The molecule has 2 N–H and O–H groups in total. The van der Waals surface area contributed by atoms with Gasteiger partial charge in [0.25, 0.3) is 5.91 Å². The summed E-state index contributed by atoms with van der Waals surface area (Å²) >= 11 is 0. The van der Waals surface area contributed by atoms with E-state index in [4.69, 9.17) is 0 Å². The third kappa shape index (κ3) is 4.81. The number of urea groups is 1. The van der Waals surface area contributed by atoms with Crippen LogP contribution in [-0.4, -0.2) is 41.5 Å².